The Labute approximate surface area is 168 Å². The van der Waals surface area contributed by atoms with Gasteiger partial charge in [0.25, 0.3) is 0 Å². The van der Waals surface area contributed by atoms with Crippen molar-refractivity contribution in [3.63, 3.8) is 0 Å². The third kappa shape index (κ3) is 7.26. The number of carboxylic acid groups (broad SMARTS) is 2. The number of likely N-dealkylation sites (N-methyl/N-ethyl adjacent to an activating group) is 1. The first-order chi connectivity index (χ1) is 12.9. The smallest absolute Gasteiger partial charge is 0.351 e. The molecule has 0 fully saturated rings. The minimum Gasteiger partial charge on any atom is -0.482 e. The number of aliphatic carboxylic acids is 2. The first kappa shape index (κ1) is 23.5. The van der Waals surface area contributed by atoms with Crippen LogP contribution in [0.15, 0.2) is 24.5 Å². The number of pyridine rings is 1. The summed E-state index contributed by atoms with van der Waals surface area (Å²) in [5.41, 5.74) is 0.444. The van der Waals surface area contributed by atoms with Gasteiger partial charge >= 0.3 is 17.8 Å². The molecule has 1 amide bonds. The summed E-state index contributed by atoms with van der Waals surface area (Å²) in [5.74, 6) is -2.05. The average molecular weight is 415 g/mol. The van der Waals surface area contributed by atoms with Gasteiger partial charge in [-0.1, -0.05) is 11.6 Å². The van der Waals surface area contributed by atoms with Crippen LogP contribution in [0.4, 0.5) is 0 Å². The van der Waals surface area contributed by atoms with Gasteiger partial charge in [0.2, 0.25) is 0 Å². The van der Waals surface area contributed by atoms with Crippen LogP contribution in [0.1, 0.15) is 16.8 Å². The number of carbonyl (C=O) groups excluding carboxylic acids is 1. The quantitative estimate of drug-likeness (QED) is 0.548. The molecule has 28 heavy (non-hydrogen) atoms. The molecule has 1 unspecified atom stereocenters. The van der Waals surface area contributed by atoms with Crippen molar-refractivity contribution in [1.29, 1.82) is 0 Å². The van der Waals surface area contributed by atoms with Crippen molar-refractivity contribution in [1.82, 2.24) is 9.88 Å². The number of aromatic nitrogens is 1. The second kappa shape index (κ2) is 10.2. The van der Waals surface area contributed by atoms with E-state index in [2.05, 4.69) is 9.88 Å². The van der Waals surface area contributed by atoms with Gasteiger partial charge in [0.05, 0.1) is 25.3 Å². The average Bonchev–Trinajstić information content (AvgIpc) is 2.67. The molecule has 10 heteroatoms. The maximum atomic E-state index is 12.6. The summed E-state index contributed by atoms with van der Waals surface area (Å²) in [6, 6.07) is 0. The largest absolute Gasteiger partial charge is 0.482 e. The Kier molecular flexibility index (Phi) is 8.55. The fourth-order valence-electron chi connectivity index (χ4n) is 2.52. The number of hydrogen-bond donors (Lipinski definition) is 2. The Morgan fingerprint density at radius 1 is 1.29 bits per heavy atom. The minimum atomic E-state index is -1.26. The summed E-state index contributed by atoms with van der Waals surface area (Å²) < 4.78 is 6.22. The summed E-state index contributed by atoms with van der Waals surface area (Å²) >= 11 is 6.13. The molecule has 9 nitrogen and oxygen atoms in total. The Morgan fingerprint density at radius 2 is 1.86 bits per heavy atom. The van der Waals surface area contributed by atoms with E-state index in [0.717, 1.165) is 13.0 Å². The van der Waals surface area contributed by atoms with Crippen LogP contribution >= 0.6 is 11.6 Å². The molecule has 1 aromatic rings. The monoisotopic (exact) mass is 414 g/mol. The molecular formula is C18H25ClN3O6+. The number of quaternary nitrogens is 1. The van der Waals surface area contributed by atoms with E-state index >= 15 is 0 Å². The lowest BCUT2D eigenvalue weighted by atomic mass is 10.2. The van der Waals surface area contributed by atoms with Crippen molar-refractivity contribution in [3.05, 3.63) is 35.1 Å². The number of carboxylic acids is 2. The third-order valence-electron chi connectivity index (χ3n) is 3.85. The molecule has 1 aromatic heterocycles. The highest BCUT2D eigenvalue weighted by atomic mass is 35.5. The third-order valence-corrected chi connectivity index (χ3v) is 4.14. The zero-order chi connectivity index (χ0) is 21.5. The molecule has 0 bridgehead atoms. The molecule has 154 valence electrons. The molecule has 0 aliphatic carbocycles. The van der Waals surface area contributed by atoms with Gasteiger partial charge in [-0.05, 0) is 14.1 Å². The number of halogens is 1. The Morgan fingerprint density at radius 3 is 2.36 bits per heavy atom. The maximum Gasteiger partial charge on any atom is 0.351 e. The Balaban J connectivity index is 0.000000416. The second-order valence-electron chi connectivity index (χ2n) is 7.01. The number of fused-ring (bicyclic) bond motifs is 1. The van der Waals surface area contributed by atoms with E-state index in [1.165, 1.54) is 6.20 Å². The van der Waals surface area contributed by atoms with E-state index in [9.17, 15) is 14.4 Å². The number of hydrogen-bond acceptors (Lipinski definition) is 6. The summed E-state index contributed by atoms with van der Waals surface area (Å²) in [6.07, 6.45) is 5.01. The van der Waals surface area contributed by atoms with Crippen molar-refractivity contribution in [2.75, 3.05) is 41.3 Å². The molecule has 0 radical (unpaired) electrons. The highest BCUT2D eigenvalue weighted by molar-refractivity contribution is 6.33. The van der Waals surface area contributed by atoms with Crippen LogP contribution in [0.3, 0.4) is 0 Å². The van der Waals surface area contributed by atoms with Crippen molar-refractivity contribution >= 4 is 29.4 Å². The van der Waals surface area contributed by atoms with Gasteiger partial charge < -0.3 is 19.8 Å². The highest BCUT2D eigenvalue weighted by Gasteiger charge is 2.39. The van der Waals surface area contributed by atoms with Crippen molar-refractivity contribution < 1.29 is 33.8 Å². The van der Waals surface area contributed by atoms with Crippen molar-refractivity contribution in [2.24, 2.45) is 0 Å². The van der Waals surface area contributed by atoms with E-state index in [4.69, 9.17) is 26.6 Å². The molecule has 1 aliphatic rings. The Hall–Kier alpha value is -2.49. The van der Waals surface area contributed by atoms with Crippen LogP contribution in [0.2, 0.25) is 5.02 Å². The zero-order valence-corrected chi connectivity index (χ0v) is 17.0. The first-order valence-electron chi connectivity index (χ1n) is 8.40. The number of nitrogens with zero attached hydrogens (tertiary/aromatic N) is 3. The summed E-state index contributed by atoms with van der Waals surface area (Å²) in [7, 11) is 7.82. The standard InChI is InChI=1S/C14H21ClN3O2.C4H4O4/c1-17(2)6-5-10-9-18(3,4)14(19)13-11(15)7-16-8-12(13)20-10;5-3(6)1-2-4(7)8/h7-8,10H,5-6,9H2,1-4H3;1-2H,(H,5,6)(H,7,8)/q+1;/b;2-1+. The van der Waals surface area contributed by atoms with E-state index in [1.54, 1.807) is 6.20 Å². The Bertz CT molecular complexity index is 748. The lowest BCUT2D eigenvalue weighted by Crippen LogP contribution is -2.49. The van der Waals surface area contributed by atoms with Crippen LogP contribution in [0.25, 0.3) is 0 Å². The number of rotatable bonds is 5. The molecule has 1 aliphatic heterocycles. The molecule has 0 spiro atoms. The van der Waals surface area contributed by atoms with Gasteiger partial charge in [-0.15, -0.1) is 0 Å². The molecule has 2 heterocycles. The lowest BCUT2D eigenvalue weighted by molar-refractivity contribution is -0.810. The van der Waals surface area contributed by atoms with Crippen LogP contribution in [0, 0.1) is 0 Å². The van der Waals surface area contributed by atoms with Gasteiger partial charge in [-0.25, -0.2) is 14.4 Å². The second-order valence-corrected chi connectivity index (χ2v) is 7.42. The first-order valence-corrected chi connectivity index (χ1v) is 8.78. The molecule has 2 rings (SSSR count). The van der Waals surface area contributed by atoms with Gasteiger partial charge in [0.15, 0.2) is 5.75 Å². The maximum absolute atomic E-state index is 12.6. The van der Waals surface area contributed by atoms with Gasteiger partial charge in [0.1, 0.15) is 18.2 Å². The number of carbonyl (C=O) groups is 3. The summed E-state index contributed by atoms with van der Waals surface area (Å²) in [6.45, 7) is 1.53. The molecule has 0 aromatic carbocycles. The predicted octanol–water partition coefficient (Wildman–Crippen LogP) is 1.38. The van der Waals surface area contributed by atoms with Crippen molar-refractivity contribution in [3.8, 4) is 5.75 Å². The minimum absolute atomic E-state index is 0.0280. The van der Waals surface area contributed by atoms with E-state index in [-0.39, 0.29) is 16.5 Å². The molecule has 0 saturated carbocycles. The summed E-state index contributed by atoms with van der Waals surface area (Å²) in [5, 5.41) is 16.0. The number of amides is 1. The molecular weight excluding hydrogens is 390 g/mol. The van der Waals surface area contributed by atoms with Crippen LogP contribution < -0.4 is 4.74 Å². The van der Waals surface area contributed by atoms with Crippen LogP contribution in [0.5, 0.6) is 5.75 Å². The normalized spacial score (nSPS) is 17.9. The fourth-order valence-corrected chi connectivity index (χ4v) is 2.75. The van der Waals surface area contributed by atoms with E-state index in [0.29, 0.717) is 35.0 Å². The molecule has 1 atom stereocenters. The van der Waals surface area contributed by atoms with Gasteiger partial charge in [-0.3, -0.25) is 9.47 Å². The molecule has 0 saturated heterocycles. The molecule has 2 N–H and O–H groups in total. The van der Waals surface area contributed by atoms with Crippen LogP contribution in [-0.4, -0.2) is 89.8 Å². The van der Waals surface area contributed by atoms with Gasteiger partial charge in [0, 0.05) is 31.3 Å². The zero-order valence-electron chi connectivity index (χ0n) is 16.3. The topological polar surface area (TPSA) is 117 Å². The van der Waals surface area contributed by atoms with E-state index < -0.39 is 11.9 Å². The lowest BCUT2D eigenvalue weighted by Gasteiger charge is -2.28. The number of ether oxygens (including phenoxy) is 1. The predicted molar refractivity (Wildman–Crippen MR) is 103 cm³/mol. The van der Waals surface area contributed by atoms with E-state index in [1.807, 2.05) is 28.2 Å². The summed E-state index contributed by atoms with van der Waals surface area (Å²) in [4.78, 5) is 37.9. The van der Waals surface area contributed by atoms with Crippen molar-refractivity contribution in [2.45, 2.75) is 12.5 Å². The van der Waals surface area contributed by atoms with Gasteiger partial charge in [-0.2, -0.15) is 0 Å². The SMILES string of the molecule is CN(C)CCC1C[N+](C)(C)C(=O)c2c(Cl)cncc2O1.O=C(O)/C=C/C(=O)O. The highest BCUT2D eigenvalue weighted by Crippen LogP contribution is 2.32. The fraction of sp³-hybridized carbons (Fsp3) is 0.444. The van der Waals surface area contributed by atoms with Crippen LogP contribution in [-0.2, 0) is 9.59 Å².